The van der Waals surface area contributed by atoms with Crippen LogP contribution in [0.5, 0.6) is 0 Å². The van der Waals surface area contributed by atoms with Crippen LogP contribution in [0.2, 0.25) is 0 Å². The van der Waals surface area contributed by atoms with E-state index >= 15 is 0 Å². The Labute approximate surface area is 38.5 Å². The summed E-state index contributed by atoms with van der Waals surface area (Å²) in [5, 5.41) is 0. The van der Waals surface area contributed by atoms with Gasteiger partial charge in [0, 0.05) is 7.05 Å². The first-order chi connectivity index (χ1) is 2.77. The van der Waals surface area contributed by atoms with E-state index in [0.29, 0.717) is 0 Å². The van der Waals surface area contributed by atoms with E-state index in [0.717, 1.165) is 0 Å². The van der Waals surface area contributed by atoms with Crippen molar-refractivity contribution in [3.8, 4) is 0 Å². The molecular weight excluding hydrogens is 76.1 g/mol. The third-order valence-electron chi connectivity index (χ3n) is 0.313. The van der Waals surface area contributed by atoms with Crippen molar-refractivity contribution in [2.45, 2.75) is 0 Å². The van der Waals surface area contributed by atoms with Crippen molar-refractivity contribution >= 4 is 6.34 Å². The van der Waals surface area contributed by atoms with Gasteiger partial charge in [0.15, 0.2) is 0 Å². The first-order valence-corrected chi connectivity index (χ1v) is 1.73. The van der Waals surface area contributed by atoms with E-state index in [1.165, 1.54) is 0 Å². The third kappa shape index (κ3) is 3.47. The highest BCUT2D eigenvalue weighted by atomic mass is 15.1. The second kappa shape index (κ2) is 2.69. The Bertz CT molecular complexity index is 47.5. The van der Waals surface area contributed by atoms with Gasteiger partial charge in [-0.2, -0.15) is 0 Å². The monoisotopic (exact) mass is 85.1 g/mol. The molecule has 0 unspecified atom stereocenters. The summed E-state index contributed by atoms with van der Waals surface area (Å²) in [4.78, 5) is 5.31. The molecule has 0 aromatic rings. The lowest BCUT2D eigenvalue weighted by Gasteiger charge is -2.10. The zero-order valence-corrected chi connectivity index (χ0v) is 4.18. The molecule has 0 aliphatic rings. The minimum atomic E-state index is 1.64. The summed E-state index contributed by atoms with van der Waals surface area (Å²) in [6.45, 7) is 0. The average molecular weight is 85.1 g/mol. The molecule has 0 aromatic heterocycles. The van der Waals surface area contributed by atoms with Crippen molar-refractivity contribution < 1.29 is 0 Å². The number of hydrogen-bond donors (Lipinski definition) is 0. The highest BCUT2D eigenvalue weighted by Crippen LogP contribution is 1.63. The molecule has 0 atom stereocenters. The van der Waals surface area contributed by atoms with Crippen molar-refractivity contribution in [1.29, 1.82) is 0 Å². The van der Waals surface area contributed by atoms with Crippen LogP contribution >= 0.6 is 0 Å². The fraction of sp³-hybridized carbons (Fsp3) is 0.500. The summed E-state index contributed by atoms with van der Waals surface area (Å²) in [6, 6.07) is 0. The number of rotatable bonds is 1. The summed E-state index contributed by atoms with van der Waals surface area (Å²) in [7, 11) is 7.05. The fourth-order valence-electron chi connectivity index (χ4n) is 0.197. The van der Waals surface area contributed by atoms with Crippen LogP contribution < -0.4 is 0 Å². The zero-order valence-electron chi connectivity index (χ0n) is 4.18. The molecule has 0 saturated heterocycles. The SMILES string of the molecule is [CH2-]N(C)C=NC. The van der Waals surface area contributed by atoms with Gasteiger partial charge >= 0.3 is 0 Å². The molecule has 0 radical (unpaired) electrons. The van der Waals surface area contributed by atoms with Crippen LogP contribution in [-0.2, 0) is 0 Å². The summed E-state index contributed by atoms with van der Waals surface area (Å²) < 4.78 is 0. The van der Waals surface area contributed by atoms with Crippen LogP contribution in [0.3, 0.4) is 0 Å². The normalized spacial score (nSPS) is 9.83. The van der Waals surface area contributed by atoms with Gasteiger partial charge in [0.1, 0.15) is 0 Å². The lowest BCUT2D eigenvalue weighted by Crippen LogP contribution is -2.03. The van der Waals surface area contributed by atoms with Crippen molar-refractivity contribution in [1.82, 2.24) is 4.90 Å². The Kier molecular flexibility index (Phi) is 2.46. The molecule has 2 heteroatoms. The van der Waals surface area contributed by atoms with Gasteiger partial charge < -0.3 is 4.90 Å². The molecule has 6 heavy (non-hydrogen) atoms. The third-order valence-corrected chi connectivity index (χ3v) is 0.313. The molecule has 0 fully saturated rings. The predicted octanol–water partition coefficient (Wildman–Crippen LogP) is 0.368. The van der Waals surface area contributed by atoms with Crippen LogP contribution in [0.4, 0.5) is 0 Å². The molecule has 0 N–H and O–H groups in total. The first-order valence-electron chi connectivity index (χ1n) is 1.73. The van der Waals surface area contributed by atoms with Gasteiger partial charge in [0.25, 0.3) is 0 Å². The van der Waals surface area contributed by atoms with E-state index in [-0.39, 0.29) is 0 Å². The maximum absolute atomic E-state index is 3.67. The molecule has 0 aliphatic heterocycles. The van der Waals surface area contributed by atoms with Crippen LogP contribution in [0.25, 0.3) is 0 Å². The quantitative estimate of drug-likeness (QED) is 0.255. The molecule has 36 valence electrons. The van der Waals surface area contributed by atoms with E-state index in [1.807, 2.05) is 7.05 Å². The maximum atomic E-state index is 3.67. The van der Waals surface area contributed by atoms with E-state index in [2.05, 4.69) is 12.0 Å². The first kappa shape index (κ1) is 5.47. The Morgan fingerprint density at radius 2 is 2.33 bits per heavy atom. The minimum absolute atomic E-state index is 1.64. The van der Waals surface area contributed by atoms with E-state index in [4.69, 9.17) is 0 Å². The number of nitrogens with zero attached hydrogens (tertiary/aromatic N) is 2. The van der Waals surface area contributed by atoms with Crippen LogP contribution in [-0.4, -0.2) is 25.3 Å². The van der Waals surface area contributed by atoms with Crippen LogP contribution in [0.1, 0.15) is 0 Å². The highest BCUT2D eigenvalue weighted by molar-refractivity contribution is 5.53. The fourth-order valence-corrected chi connectivity index (χ4v) is 0.197. The Morgan fingerprint density at radius 1 is 1.83 bits per heavy atom. The molecule has 0 amide bonds. The summed E-state index contributed by atoms with van der Waals surface area (Å²) in [6.07, 6.45) is 1.64. The van der Waals surface area contributed by atoms with Gasteiger partial charge in [0.2, 0.25) is 0 Å². The number of hydrogen-bond acceptors (Lipinski definition) is 1. The summed E-state index contributed by atoms with van der Waals surface area (Å²) >= 11 is 0. The molecule has 0 aromatic carbocycles. The van der Waals surface area contributed by atoms with Gasteiger partial charge in [-0.25, -0.2) is 0 Å². The molecule has 2 nitrogen and oxygen atoms in total. The van der Waals surface area contributed by atoms with Gasteiger partial charge in [-0.15, -0.1) is 0 Å². The highest BCUT2D eigenvalue weighted by Gasteiger charge is 1.57. The largest absolute Gasteiger partial charge is 0.519 e. The second-order valence-electron chi connectivity index (χ2n) is 1.13. The molecule has 0 bridgehead atoms. The van der Waals surface area contributed by atoms with Crippen LogP contribution in [0.15, 0.2) is 4.99 Å². The summed E-state index contributed by atoms with van der Waals surface area (Å²) in [5.74, 6) is 0. The maximum Gasteiger partial charge on any atom is 0.0547 e. The molecular formula is C4H9N2-. The van der Waals surface area contributed by atoms with Gasteiger partial charge in [0.05, 0.1) is 6.34 Å². The Hall–Kier alpha value is -0.530. The molecule has 0 spiro atoms. The van der Waals surface area contributed by atoms with Crippen LogP contribution in [0, 0.1) is 7.05 Å². The van der Waals surface area contributed by atoms with Crippen molar-refractivity contribution in [3.63, 3.8) is 0 Å². The number of aliphatic imine (C=N–C) groups is 1. The van der Waals surface area contributed by atoms with Gasteiger partial charge in [-0.1, -0.05) is 0 Å². The predicted molar refractivity (Wildman–Crippen MR) is 27.5 cm³/mol. The Morgan fingerprint density at radius 3 is 2.33 bits per heavy atom. The molecule has 0 rings (SSSR count). The van der Waals surface area contributed by atoms with Crippen molar-refractivity contribution in [3.05, 3.63) is 7.05 Å². The second-order valence-corrected chi connectivity index (χ2v) is 1.13. The van der Waals surface area contributed by atoms with Gasteiger partial charge in [-0.05, 0) is 7.05 Å². The Balaban J connectivity index is 3.03. The lowest BCUT2D eigenvalue weighted by molar-refractivity contribution is 0.702. The minimum Gasteiger partial charge on any atom is -0.519 e. The molecule has 0 heterocycles. The van der Waals surface area contributed by atoms with Crippen molar-refractivity contribution in [2.75, 3.05) is 14.1 Å². The topological polar surface area (TPSA) is 15.6 Å². The molecule has 0 aliphatic carbocycles. The van der Waals surface area contributed by atoms with E-state index in [1.54, 1.807) is 18.3 Å². The van der Waals surface area contributed by atoms with Gasteiger partial charge in [-0.3, -0.25) is 12.0 Å². The zero-order chi connectivity index (χ0) is 4.99. The lowest BCUT2D eigenvalue weighted by atomic mass is 10.9. The smallest absolute Gasteiger partial charge is 0.0547 e. The van der Waals surface area contributed by atoms with Crippen molar-refractivity contribution in [2.24, 2.45) is 4.99 Å². The summed E-state index contributed by atoms with van der Waals surface area (Å²) in [5.41, 5.74) is 0. The average Bonchev–Trinajstić information content (AvgIpc) is 1.35. The molecule has 0 saturated carbocycles. The van der Waals surface area contributed by atoms with E-state index in [9.17, 15) is 0 Å². The van der Waals surface area contributed by atoms with E-state index < -0.39 is 0 Å². The standard InChI is InChI=1S/C4H9N2/c1-5-4-6(2)3/h4H,2H2,1,3H3/q-1.